The Bertz CT molecular complexity index is 340. The fourth-order valence-electron chi connectivity index (χ4n) is 1.21. The minimum absolute atomic E-state index is 0.733. The Morgan fingerprint density at radius 3 is 2.71 bits per heavy atom. The van der Waals surface area contributed by atoms with Crippen molar-refractivity contribution < 1.29 is 0 Å². The number of hydrogen-bond donors (Lipinski definition) is 0. The predicted octanol–water partition coefficient (Wildman–Crippen LogP) is 2.73. The fourth-order valence-corrected chi connectivity index (χ4v) is 1.21. The first-order valence-corrected chi connectivity index (χ1v) is 4.52. The highest BCUT2D eigenvalue weighted by molar-refractivity contribution is 5.45. The molecule has 4 nitrogen and oxygen atoms in total. The third-order valence-corrected chi connectivity index (χ3v) is 1.97. The summed E-state index contributed by atoms with van der Waals surface area (Å²) in [5, 5.41) is 3.65. The molecule has 0 spiro atoms. The van der Waals surface area contributed by atoms with Crippen LogP contribution in [0.25, 0.3) is 10.4 Å². The molecule has 0 aliphatic rings. The van der Waals surface area contributed by atoms with E-state index in [2.05, 4.69) is 14.9 Å². The summed E-state index contributed by atoms with van der Waals surface area (Å²) in [7, 11) is 4.05. The van der Waals surface area contributed by atoms with Gasteiger partial charge in [0.1, 0.15) is 0 Å². The molecular formula is C10H14N4. The highest BCUT2D eigenvalue weighted by atomic mass is 15.1. The second kappa shape index (κ2) is 5.27. The van der Waals surface area contributed by atoms with Crippen LogP contribution in [-0.2, 0) is 6.42 Å². The van der Waals surface area contributed by atoms with Crippen LogP contribution in [0.15, 0.2) is 29.4 Å². The van der Waals surface area contributed by atoms with Gasteiger partial charge in [-0.15, -0.1) is 0 Å². The van der Waals surface area contributed by atoms with Crippen LogP contribution < -0.4 is 0 Å². The SMILES string of the molecule is CN(C)CCc1ccccc1N=[N+]=[N-]. The van der Waals surface area contributed by atoms with E-state index in [1.165, 1.54) is 0 Å². The first kappa shape index (κ1) is 10.6. The lowest BCUT2D eigenvalue weighted by Crippen LogP contribution is -2.15. The normalized spacial score (nSPS) is 9.93. The number of azide groups is 1. The van der Waals surface area contributed by atoms with Gasteiger partial charge >= 0.3 is 0 Å². The van der Waals surface area contributed by atoms with Crippen molar-refractivity contribution in [3.8, 4) is 0 Å². The molecule has 0 radical (unpaired) electrons. The number of nitrogens with zero attached hydrogens (tertiary/aromatic N) is 4. The summed E-state index contributed by atoms with van der Waals surface area (Å²) in [5.74, 6) is 0. The highest BCUT2D eigenvalue weighted by Crippen LogP contribution is 2.19. The van der Waals surface area contributed by atoms with E-state index >= 15 is 0 Å². The number of hydrogen-bond acceptors (Lipinski definition) is 2. The quantitative estimate of drug-likeness (QED) is 0.409. The van der Waals surface area contributed by atoms with Crippen molar-refractivity contribution in [1.82, 2.24) is 4.90 Å². The first-order chi connectivity index (χ1) is 6.74. The summed E-state index contributed by atoms with van der Waals surface area (Å²) in [6.45, 7) is 0.956. The molecule has 0 aliphatic heterocycles. The molecule has 4 heteroatoms. The Hall–Kier alpha value is -1.51. The standard InChI is InChI=1S/C10H14N4/c1-14(2)8-7-9-5-3-4-6-10(9)12-13-11/h3-6H,7-8H2,1-2H3. The Balaban J connectivity index is 2.79. The van der Waals surface area contributed by atoms with Gasteiger partial charge in [-0.05, 0) is 31.6 Å². The van der Waals surface area contributed by atoms with Crippen LogP contribution in [0.2, 0.25) is 0 Å². The summed E-state index contributed by atoms with van der Waals surface area (Å²) in [6.07, 6.45) is 0.905. The van der Waals surface area contributed by atoms with Crippen LogP contribution in [0.5, 0.6) is 0 Å². The summed E-state index contributed by atoms with van der Waals surface area (Å²) >= 11 is 0. The van der Waals surface area contributed by atoms with Crippen LogP contribution in [0.1, 0.15) is 5.56 Å². The average molecular weight is 190 g/mol. The van der Waals surface area contributed by atoms with Gasteiger partial charge in [0.2, 0.25) is 0 Å². The predicted molar refractivity (Wildman–Crippen MR) is 57.5 cm³/mol. The topological polar surface area (TPSA) is 52.0 Å². The van der Waals surface area contributed by atoms with Gasteiger partial charge in [-0.1, -0.05) is 29.4 Å². The minimum atomic E-state index is 0.733. The lowest BCUT2D eigenvalue weighted by Gasteiger charge is -2.10. The van der Waals surface area contributed by atoms with Crippen molar-refractivity contribution in [1.29, 1.82) is 0 Å². The molecule has 0 amide bonds. The van der Waals surface area contributed by atoms with Crippen molar-refractivity contribution >= 4 is 5.69 Å². The maximum atomic E-state index is 8.37. The fraction of sp³-hybridized carbons (Fsp3) is 0.400. The molecule has 0 saturated heterocycles. The van der Waals surface area contributed by atoms with Crippen molar-refractivity contribution in [3.63, 3.8) is 0 Å². The monoisotopic (exact) mass is 190 g/mol. The third-order valence-electron chi connectivity index (χ3n) is 1.97. The van der Waals surface area contributed by atoms with E-state index in [0.717, 1.165) is 24.2 Å². The Morgan fingerprint density at radius 1 is 1.36 bits per heavy atom. The van der Waals surface area contributed by atoms with Crippen molar-refractivity contribution in [2.75, 3.05) is 20.6 Å². The molecule has 14 heavy (non-hydrogen) atoms. The number of benzene rings is 1. The molecule has 1 rings (SSSR count). The van der Waals surface area contributed by atoms with Crippen molar-refractivity contribution in [2.24, 2.45) is 5.11 Å². The lowest BCUT2D eigenvalue weighted by atomic mass is 10.1. The maximum Gasteiger partial charge on any atom is 0.0407 e. The Labute approximate surface area is 83.8 Å². The van der Waals surface area contributed by atoms with Gasteiger partial charge in [0.15, 0.2) is 0 Å². The smallest absolute Gasteiger partial charge is 0.0407 e. The largest absolute Gasteiger partial charge is 0.309 e. The molecule has 0 unspecified atom stereocenters. The molecule has 0 fully saturated rings. The van der Waals surface area contributed by atoms with Gasteiger partial charge in [-0.25, -0.2) is 0 Å². The average Bonchev–Trinajstić information content (AvgIpc) is 2.17. The first-order valence-electron chi connectivity index (χ1n) is 4.52. The van der Waals surface area contributed by atoms with E-state index < -0.39 is 0 Å². The molecule has 74 valence electrons. The Kier molecular flexibility index (Phi) is 3.98. The van der Waals surface area contributed by atoms with Crippen LogP contribution in [0, 0.1) is 0 Å². The van der Waals surface area contributed by atoms with Crippen LogP contribution in [0.3, 0.4) is 0 Å². The summed E-state index contributed by atoms with van der Waals surface area (Å²) < 4.78 is 0. The maximum absolute atomic E-state index is 8.37. The second-order valence-electron chi connectivity index (χ2n) is 3.37. The molecule has 0 N–H and O–H groups in total. The highest BCUT2D eigenvalue weighted by Gasteiger charge is 1.99. The molecule has 0 heterocycles. The number of likely N-dealkylation sites (N-methyl/N-ethyl adjacent to an activating group) is 1. The van der Waals surface area contributed by atoms with Gasteiger partial charge in [-0.3, -0.25) is 0 Å². The van der Waals surface area contributed by atoms with Crippen molar-refractivity contribution in [3.05, 3.63) is 40.3 Å². The molecule has 1 aromatic rings. The molecular weight excluding hydrogens is 176 g/mol. The molecule has 0 bridgehead atoms. The molecule has 1 aromatic carbocycles. The zero-order chi connectivity index (χ0) is 10.4. The summed E-state index contributed by atoms with van der Waals surface area (Å²) in [4.78, 5) is 4.91. The zero-order valence-corrected chi connectivity index (χ0v) is 8.51. The third kappa shape index (κ3) is 3.09. The van der Waals surface area contributed by atoms with Crippen molar-refractivity contribution in [2.45, 2.75) is 6.42 Å². The van der Waals surface area contributed by atoms with Gasteiger partial charge in [-0.2, -0.15) is 0 Å². The van der Waals surface area contributed by atoms with E-state index in [9.17, 15) is 0 Å². The van der Waals surface area contributed by atoms with E-state index in [1.807, 2.05) is 38.4 Å². The van der Waals surface area contributed by atoms with E-state index in [-0.39, 0.29) is 0 Å². The van der Waals surface area contributed by atoms with Gasteiger partial charge in [0, 0.05) is 17.1 Å². The molecule has 0 aliphatic carbocycles. The second-order valence-corrected chi connectivity index (χ2v) is 3.37. The van der Waals surface area contributed by atoms with E-state index in [4.69, 9.17) is 5.53 Å². The van der Waals surface area contributed by atoms with Gasteiger partial charge in [0.05, 0.1) is 0 Å². The van der Waals surface area contributed by atoms with E-state index in [0.29, 0.717) is 0 Å². The molecule has 0 saturated carbocycles. The number of rotatable bonds is 4. The van der Waals surface area contributed by atoms with Crippen LogP contribution in [0.4, 0.5) is 5.69 Å². The van der Waals surface area contributed by atoms with Crippen LogP contribution in [-0.4, -0.2) is 25.5 Å². The molecule has 0 aromatic heterocycles. The minimum Gasteiger partial charge on any atom is -0.309 e. The van der Waals surface area contributed by atoms with Gasteiger partial charge < -0.3 is 4.90 Å². The molecule has 0 atom stereocenters. The summed E-state index contributed by atoms with van der Waals surface area (Å²) in [6, 6.07) is 7.67. The Morgan fingerprint density at radius 2 is 2.07 bits per heavy atom. The zero-order valence-electron chi connectivity index (χ0n) is 8.51. The lowest BCUT2D eigenvalue weighted by molar-refractivity contribution is 0.414. The summed E-state index contributed by atoms with van der Waals surface area (Å²) in [5.41, 5.74) is 10.2. The van der Waals surface area contributed by atoms with Gasteiger partial charge in [0.25, 0.3) is 0 Å². The van der Waals surface area contributed by atoms with E-state index in [1.54, 1.807) is 0 Å². The van der Waals surface area contributed by atoms with Crippen LogP contribution >= 0.6 is 0 Å².